The monoisotopic (exact) mass is 275 g/mol. The number of rotatable bonds is 4. The fourth-order valence-corrected chi connectivity index (χ4v) is 1.98. The van der Waals surface area contributed by atoms with Crippen LogP contribution in [0.2, 0.25) is 0 Å². The molecule has 0 atom stereocenters. The Morgan fingerprint density at radius 2 is 1.74 bits per heavy atom. The van der Waals surface area contributed by atoms with E-state index < -0.39 is 10.1 Å². The number of hydrogen-bond acceptors (Lipinski definition) is 4. The van der Waals surface area contributed by atoms with Crippen molar-refractivity contribution >= 4 is 16.2 Å². The third-order valence-electron chi connectivity index (χ3n) is 2.44. The van der Waals surface area contributed by atoms with Gasteiger partial charge in [0, 0.05) is 0 Å². The van der Waals surface area contributed by atoms with Crippen molar-refractivity contribution in [2.75, 3.05) is 0 Å². The fourth-order valence-electron chi connectivity index (χ4n) is 1.52. The molecule has 0 N–H and O–H groups in total. The van der Waals surface area contributed by atoms with Crippen LogP contribution in [0.4, 0.5) is 0 Å². The summed E-state index contributed by atoms with van der Waals surface area (Å²) >= 11 is 0. The van der Waals surface area contributed by atoms with E-state index in [9.17, 15) is 13.0 Å². The maximum atomic E-state index is 10.8. The van der Waals surface area contributed by atoms with Gasteiger partial charge in [-0.1, -0.05) is 24.8 Å². The van der Waals surface area contributed by atoms with Gasteiger partial charge in [0.1, 0.15) is 21.6 Å². The van der Waals surface area contributed by atoms with E-state index in [-0.39, 0.29) is 4.90 Å². The van der Waals surface area contributed by atoms with Gasteiger partial charge in [-0.05, 0) is 42.0 Å². The Morgan fingerprint density at radius 1 is 1.05 bits per heavy atom. The molecule has 0 fully saturated rings. The van der Waals surface area contributed by atoms with Gasteiger partial charge in [-0.2, -0.15) is 0 Å². The highest BCUT2D eigenvalue weighted by Gasteiger charge is 2.02. The zero-order chi connectivity index (χ0) is 13.9. The Hall–Kier alpha value is -2.11. The summed E-state index contributed by atoms with van der Waals surface area (Å²) in [5.74, 6) is 1.06. The number of hydrogen-bond donors (Lipinski definition) is 0. The van der Waals surface area contributed by atoms with Crippen LogP contribution >= 0.6 is 0 Å². The third kappa shape index (κ3) is 3.43. The molecule has 0 aliphatic rings. The molecule has 2 aromatic rings. The van der Waals surface area contributed by atoms with Crippen molar-refractivity contribution in [2.45, 2.75) is 4.90 Å². The first-order valence-electron chi connectivity index (χ1n) is 5.45. The molecule has 0 radical (unpaired) electrons. The summed E-state index contributed by atoms with van der Waals surface area (Å²) in [7, 11) is -4.42. The summed E-state index contributed by atoms with van der Waals surface area (Å²) < 4.78 is 37.9. The first kappa shape index (κ1) is 13.3. The molecule has 5 heteroatoms. The lowest BCUT2D eigenvalue weighted by atomic mass is 10.2. The van der Waals surface area contributed by atoms with Gasteiger partial charge in [0.2, 0.25) is 0 Å². The van der Waals surface area contributed by atoms with Crippen molar-refractivity contribution in [1.82, 2.24) is 0 Å². The molecule has 0 spiro atoms. The van der Waals surface area contributed by atoms with E-state index in [0.717, 1.165) is 5.56 Å². The van der Waals surface area contributed by atoms with Crippen molar-refractivity contribution in [2.24, 2.45) is 0 Å². The van der Waals surface area contributed by atoms with Gasteiger partial charge < -0.3 is 9.29 Å². The van der Waals surface area contributed by atoms with Crippen LogP contribution in [-0.4, -0.2) is 13.0 Å². The molecule has 2 rings (SSSR count). The van der Waals surface area contributed by atoms with Crippen molar-refractivity contribution in [3.8, 4) is 11.5 Å². The van der Waals surface area contributed by atoms with Gasteiger partial charge >= 0.3 is 0 Å². The average Bonchev–Trinajstić information content (AvgIpc) is 2.38. The Morgan fingerprint density at radius 3 is 2.32 bits per heavy atom. The minimum Gasteiger partial charge on any atom is -0.744 e. The Kier molecular flexibility index (Phi) is 3.69. The maximum Gasteiger partial charge on any atom is 0.128 e. The van der Waals surface area contributed by atoms with Gasteiger partial charge in [0.25, 0.3) is 0 Å². The van der Waals surface area contributed by atoms with Gasteiger partial charge in [-0.3, -0.25) is 0 Å². The summed E-state index contributed by atoms with van der Waals surface area (Å²) in [5, 5.41) is 0. The van der Waals surface area contributed by atoms with Crippen molar-refractivity contribution in [3.63, 3.8) is 0 Å². The molecule has 0 unspecified atom stereocenters. The van der Waals surface area contributed by atoms with E-state index in [1.807, 2.05) is 12.1 Å². The molecule has 0 saturated heterocycles. The standard InChI is InChI=1S/C14H12O4S/c1-2-11-4-3-5-13(10-11)18-12-6-8-14(9-7-12)19(15,16)17/h2-10H,1H2,(H,15,16,17)/p-1. The second kappa shape index (κ2) is 5.26. The highest BCUT2D eigenvalue weighted by molar-refractivity contribution is 7.85. The minimum absolute atomic E-state index is 0.278. The quantitative estimate of drug-likeness (QED) is 0.804. The number of benzene rings is 2. The number of ether oxygens (including phenoxy) is 1. The molecular formula is C14H11O4S-. The van der Waals surface area contributed by atoms with Crippen molar-refractivity contribution in [1.29, 1.82) is 0 Å². The zero-order valence-electron chi connectivity index (χ0n) is 9.94. The largest absolute Gasteiger partial charge is 0.744 e. The van der Waals surface area contributed by atoms with E-state index >= 15 is 0 Å². The van der Waals surface area contributed by atoms with Gasteiger partial charge in [0.15, 0.2) is 0 Å². The van der Waals surface area contributed by atoms with Crippen LogP contribution < -0.4 is 4.74 Å². The normalized spacial score (nSPS) is 11.0. The predicted molar refractivity (Wildman–Crippen MR) is 71.0 cm³/mol. The third-order valence-corrected chi connectivity index (χ3v) is 3.29. The fraction of sp³-hybridized carbons (Fsp3) is 0. The zero-order valence-corrected chi connectivity index (χ0v) is 10.8. The molecule has 0 amide bonds. The van der Waals surface area contributed by atoms with Crippen LogP contribution in [0, 0.1) is 0 Å². The first-order valence-corrected chi connectivity index (χ1v) is 6.86. The molecule has 2 aromatic carbocycles. The lowest BCUT2D eigenvalue weighted by Gasteiger charge is -2.09. The van der Waals surface area contributed by atoms with E-state index in [1.54, 1.807) is 18.2 Å². The van der Waals surface area contributed by atoms with Crippen molar-refractivity contribution in [3.05, 3.63) is 60.7 Å². The molecule has 0 aliphatic carbocycles. The molecule has 0 saturated carbocycles. The smallest absolute Gasteiger partial charge is 0.128 e. The second-order valence-electron chi connectivity index (χ2n) is 3.80. The Balaban J connectivity index is 2.22. The predicted octanol–water partition coefficient (Wildman–Crippen LogP) is 3.03. The lowest BCUT2D eigenvalue weighted by molar-refractivity contribution is 0.462. The van der Waals surface area contributed by atoms with Crippen LogP contribution in [-0.2, 0) is 10.1 Å². The Bertz CT molecular complexity index is 688. The highest BCUT2D eigenvalue weighted by atomic mass is 32.2. The lowest BCUT2D eigenvalue weighted by Crippen LogP contribution is -1.97. The topological polar surface area (TPSA) is 66.4 Å². The van der Waals surface area contributed by atoms with Crippen molar-refractivity contribution < 1.29 is 17.7 Å². The molecule has 0 bridgehead atoms. The molecule has 19 heavy (non-hydrogen) atoms. The van der Waals surface area contributed by atoms with Gasteiger partial charge in [-0.15, -0.1) is 0 Å². The SMILES string of the molecule is C=Cc1cccc(Oc2ccc(S(=O)(=O)[O-])cc2)c1. The molecule has 4 nitrogen and oxygen atoms in total. The first-order chi connectivity index (χ1) is 8.99. The van der Waals surface area contributed by atoms with E-state index in [4.69, 9.17) is 4.74 Å². The summed E-state index contributed by atoms with van der Waals surface area (Å²) in [5.41, 5.74) is 0.913. The second-order valence-corrected chi connectivity index (χ2v) is 5.18. The highest BCUT2D eigenvalue weighted by Crippen LogP contribution is 2.23. The maximum absolute atomic E-state index is 10.8. The summed E-state index contributed by atoms with van der Waals surface area (Å²) in [6, 6.07) is 12.6. The van der Waals surface area contributed by atoms with Crippen LogP contribution in [0.15, 0.2) is 60.0 Å². The average molecular weight is 275 g/mol. The van der Waals surface area contributed by atoms with Crippen LogP contribution in [0.1, 0.15) is 5.56 Å². The minimum atomic E-state index is -4.42. The molecule has 0 aromatic heterocycles. The molecular weight excluding hydrogens is 264 g/mol. The van der Waals surface area contributed by atoms with Crippen LogP contribution in [0.3, 0.4) is 0 Å². The van der Waals surface area contributed by atoms with Crippen LogP contribution in [0.5, 0.6) is 11.5 Å². The van der Waals surface area contributed by atoms with Crippen LogP contribution in [0.25, 0.3) is 6.08 Å². The van der Waals surface area contributed by atoms with E-state index in [0.29, 0.717) is 11.5 Å². The Labute approximate surface area is 111 Å². The molecule has 0 heterocycles. The molecule has 0 aliphatic heterocycles. The summed E-state index contributed by atoms with van der Waals surface area (Å²) in [6.45, 7) is 3.66. The molecule has 98 valence electrons. The van der Waals surface area contributed by atoms with Gasteiger partial charge in [-0.25, -0.2) is 8.42 Å². The summed E-state index contributed by atoms with van der Waals surface area (Å²) in [6.07, 6.45) is 1.69. The van der Waals surface area contributed by atoms with Gasteiger partial charge in [0.05, 0.1) is 4.90 Å². The van der Waals surface area contributed by atoms with E-state index in [1.165, 1.54) is 24.3 Å². The van der Waals surface area contributed by atoms with E-state index in [2.05, 4.69) is 6.58 Å². The summed E-state index contributed by atoms with van der Waals surface area (Å²) in [4.78, 5) is -0.278.